The number of benzene rings is 3. The number of nitro benzene ring substituents is 1. The first-order valence-electron chi connectivity index (χ1n) is 9.38. The summed E-state index contributed by atoms with van der Waals surface area (Å²) in [7, 11) is 0. The predicted octanol–water partition coefficient (Wildman–Crippen LogP) is 4.52. The summed E-state index contributed by atoms with van der Waals surface area (Å²) in [6, 6.07) is 20.8. The lowest BCUT2D eigenvalue weighted by Crippen LogP contribution is -2.33. The first kappa shape index (κ1) is 18.1. The fourth-order valence-electron chi connectivity index (χ4n) is 3.96. The van der Waals surface area contributed by atoms with Crippen molar-refractivity contribution in [2.24, 2.45) is 0 Å². The van der Waals surface area contributed by atoms with Crippen molar-refractivity contribution >= 4 is 28.1 Å². The molecule has 0 saturated carbocycles. The fraction of sp³-hybridized carbons (Fsp3) is 0.227. The van der Waals surface area contributed by atoms with Crippen LogP contribution in [0.4, 0.5) is 11.4 Å². The number of hydrogen-bond donors (Lipinski definition) is 1. The van der Waals surface area contributed by atoms with E-state index in [-0.39, 0.29) is 17.6 Å². The molecule has 6 heteroatoms. The van der Waals surface area contributed by atoms with Crippen LogP contribution >= 0.6 is 0 Å². The number of nitrogens with one attached hydrogen (secondary N) is 1. The summed E-state index contributed by atoms with van der Waals surface area (Å²) in [6.45, 7) is 1.17. The molecule has 0 bridgehead atoms. The lowest BCUT2D eigenvalue weighted by Gasteiger charge is -2.25. The number of anilines is 1. The number of carbonyl (C=O) groups is 1. The number of nitro groups is 1. The average Bonchev–Trinajstić information content (AvgIpc) is 3.15. The molecule has 0 aromatic heterocycles. The van der Waals surface area contributed by atoms with E-state index in [9.17, 15) is 14.9 Å². The quantitative estimate of drug-likeness (QED) is 0.525. The summed E-state index contributed by atoms with van der Waals surface area (Å²) in [5.74, 6) is -0.110. The number of fused-ring (bicyclic) bond motifs is 1. The Morgan fingerprint density at radius 2 is 1.82 bits per heavy atom. The third-order valence-corrected chi connectivity index (χ3v) is 5.25. The van der Waals surface area contributed by atoms with E-state index >= 15 is 0 Å². The minimum absolute atomic E-state index is 0.00793. The minimum Gasteiger partial charge on any atom is -0.325 e. The summed E-state index contributed by atoms with van der Waals surface area (Å²) in [6.07, 6.45) is 2.08. The maximum atomic E-state index is 12.5. The lowest BCUT2D eigenvalue weighted by atomic mass is 9.97. The van der Waals surface area contributed by atoms with Crippen LogP contribution in [0.25, 0.3) is 10.8 Å². The number of nitrogens with zero attached hydrogens (tertiary/aromatic N) is 2. The van der Waals surface area contributed by atoms with Crippen molar-refractivity contribution < 1.29 is 9.72 Å². The number of hydrogen-bond acceptors (Lipinski definition) is 4. The smallest absolute Gasteiger partial charge is 0.269 e. The zero-order chi connectivity index (χ0) is 19.5. The molecule has 3 aromatic carbocycles. The largest absolute Gasteiger partial charge is 0.325 e. The van der Waals surface area contributed by atoms with Gasteiger partial charge < -0.3 is 5.32 Å². The van der Waals surface area contributed by atoms with Crippen molar-refractivity contribution in [2.45, 2.75) is 18.9 Å². The van der Waals surface area contributed by atoms with E-state index in [0.29, 0.717) is 12.2 Å². The Kier molecular flexibility index (Phi) is 5.04. The van der Waals surface area contributed by atoms with Crippen LogP contribution in [-0.4, -0.2) is 28.8 Å². The van der Waals surface area contributed by atoms with Gasteiger partial charge in [-0.2, -0.15) is 0 Å². The topological polar surface area (TPSA) is 75.5 Å². The highest BCUT2D eigenvalue weighted by Gasteiger charge is 2.28. The number of non-ortho nitro benzene ring substituents is 1. The van der Waals surface area contributed by atoms with Crippen LogP contribution in [0.2, 0.25) is 0 Å². The minimum atomic E-state index is -0.454. The summed E-state index contributed by atoms with van der Waals surface area (Å²) in [5, 5.41) is 16.0. The Morgan fingerprint density at radius 1 is 1.07 bits per heavy atom. The molecule has 1 amide bonds. The van der Waals surface area contributed by atoms with Crippen molar-refractivity contribution in [3.63, 3.8) is 0 Å². The molecule has 1 atom stereocenters. The maximum absolute atomic E-state index is 12.5. The van der Waals surface area contributed by atoms with E-state index in [0.717, 1.165) is 19.4 Å². The highest BCUT2D eigenvalue weighted by atomic mass is 16.6. The van der Waals surface area contributed by atoms with Gasteiger partial charge in [0.15, 0.2) is 0 Å². The normalized spacial score (nSPS) is 16.9. The molecule has 0 radical (unpaired) electrons. The van der Waals surface area contributed by atoms with Gasteiger partial charge in [-0.25, -0.2) is 0 Å². The van der Waals surface area contributed by atoms with Gasteiger partial charge in [-0.1, -0.05) is 42.5 Å². The van der Waals surface area contributed by atoms with Gasteiger partial charge in [0.2, 0.25) is 5.91 Å². The van der Waals surface area contributed by atoms with Gasteiger partial charge in [-0.15, -0.1) is 0 Å². The van der Waals surface area contributed by atoms with Crippen molar-refractivity contribution in [3.8, 4) is 0 Å². The average molecular weight is 375 g/mol. The van der Waals surface area contributed by atoms with Crippen molar-refractivity contribution in [1.29, 1.82) is 0 Å². The zero-order valence-electron chi connectivity index (χ0n) is 15.4. The van der Waals surface area contributed by atoms with Crippen LogP contribution in [0.3, 0.4) is 0 Å². The van der Waals surface area contributed by atoms with Crippen molar-refractivity contribution in [1.82, 2.24) is 4.90 Å². The first-order valence-corrected chi connectivity index (χ1v) is 9.38. The molecule has 3 aromatic rings. The highest BCUT2D eigenvalue weighted by Crippen LogP contribution is 2.35. The van der Waals surface area contributed by atoms with E-state index in [1.807, 2.05) is 12.1 Å². The van der Waals surface area contributed by atoms with E-state index in [2.05, 4.69) is 40.5 Å². The van der Waals surface area contributed by atoms with E-state index < -0.39 is 4.92 Å². The Hall–Kier alpha value is -3.25. The SMILES string of the molecule is O=C(CN1CCCC1c1cccc2ccccc12)Nc1ccc([N+](=O)[O-])cc1. The summed E-state index contributed by atoms with van der Waals surface area (Å²) < 4.78 is 0. The molecular weight excluding hydrogens is 354 g/mol. The Balaban J connectivity index is 1.48. The second-order valence-corrected chi connectivity index (χ2v) is 7.05. The molecular formula is C22H21N3O3. The van der Waals surface area contributed by atoms with Crippen LogP contribution in [0.1, 0.15) is 24.4 Å². The summed E-state index contributed by atoms with van der Waals surface area (Å²) >= 11 is 0. The van der Waals surface area contributed by atoms with Crippen LogP contribution in [0.5, 0.6) is 0 Å². The number of likely N-dealkylation sites (tertiary alicyclic amines) is 1. The van der Waals surface area contributed by atoms with Gasteiger partial charge in [0.05, 0.1) is 11.5 Å². The zero-order valence-corrected chi connectivity index (χ0v) is 15.4. The van der Waals surface area contributed by atoms with Gasteiger partial charge in [0.1, 0.15) is 0 Å². The van der Waals surface area contributed by atoms with E-state index in [1.54, 1.807) is 12.1 Å². The van der Waals surface area contributed by atoms with Crippen LogP contribution in [0, 0.1) is 10.1 Å². The second kappa shape index (κ2) is 7.78. The second-order valence-electron chi connectivity index (χ2n) is 7.05. The van der Waals surface area contributed by atoms with Crippen molar-refractivity contribution in [2.75, 3.05) is 18.4 Å². The number of amides is 1. The van der Waals surface area contributed by atoms with Crippen molar-refractivity contribution in [3.05, 3.63) is 82.4 Å². The Bertz CT molecular complexity index is 1010. The molecule has 142 valence electrons. The molecule has 1 saturated heterocycles. The van der Waals surface area contributed by atoms with Crippen LogP contribution in [0.15, 0.2) is 66.7 Å². The third-order valence-electron chi connectivity index (χ3n) is 5.25. The molecule has 28 heavy (non-hydrogen) atoms. The van der Waals surface area contributed by atoms with Gasteiger partial charge in [0.25, 0.3) is 5.69 Å². The van der Waals surface area contributed by atoms with Gasteiger partial charge in [-0.05, 0) is 47.9 Å². The molecule has 1 fully saturated rings. The monoisotopic (exact) mass is 375 g/mol. The van der Waals surface area contributed by atoms with Gasteiger partial charge in [0, 0.05) is 23.9 Å². The summed E-state index contributed by atoms with van der Waals surface area (Å²) in [5.41, 5.74) is 1.84. The Morgan fingerprint density at radius 3 is 2.61 bits per heavy atom. The lowest BCUT2D eigenvalue weighted by molar-refractivity contribution is -0.384. The van der Waals surface area contributed by atoms with E-state index in [1.165, 1.54) is 28.5 Å². The molecule has 1 unspecified atom stereocenters. The third kappa shape index (κ3) is 3.73. The standard InChI is InChI=1S/C22H21N3O3/c26-22(23-17-10-12-18(13-11-17)25(27)28)15-24-14-4-9-21(24)20-8-3-6-16-5-1-2-7-19(16)20/h1-3,5-8,10-13,21H,4,9,14-15H2,(H,23,26). The first-order chi connectivity index (χ1) is 13.6. The molecule has 1 aliphatic heterocycles. The number of rotatable bonds is 5. The van der Waals surface area contributed by atoms with Crippen LogP contribution < -0.4 is 5.32 Å². The predicted molar refractivity (Wildman–Crippen MR) is 109 cm³/mol. The molecule has 6 nitrogen and oxygen atoms in total. The van der Waals surface area contributed by atoms with E-state index in [4.69, 9.17) is 0 Å². The summed E-state index contributed by atoms with van der Waals surface area (Å²) in [4.78, 5) is 25.0. The van der Waals surface area contributed by atoms with Crippen LogP contribution in [-0.2, 0) is 4.79 Å². The molecule has 1 N–H and O–H groups in total. The molecule has 1 heterocycles. The van der Waals surface area contributed by atoms with Gasteiger partial charge >= 0.3 is 0 Å². The maximum Gasteiger partial charge on any atom is 0.269 e. The fourth-order valence-corrected chi connectivity index (χ4v) is 3.96. The van der Waals surface area contributed by atoms with Gasteiger partial charge in [-0.3, -0.25) is 19.8 Å². The molecule has 0 spiro atoms. The molecule has 4 rings (SSSR count). The Labute approximate surface area is 162 Å². The number of carbonyl (C=O) groups excluding carboxylic acids is 1. The molecule has 0 aliphatic carbocycles. The molecule has 1 aliphatic rings. The highest BCUT2D eigenvalue weighted by molar-refractivity contribution is 5.92.